The fourth-order valence-corrected chi connectivity index (χ4v) is 1.79. The van der Waals surface area contributed by atoms with E-state index in [1.54, 1.807) is 12.1 Å². The van der Waals surface area contributed by atoms with E-state index in [9.17, 15) is 14.9 Å². The molecular formula is C11H6BrNO4. The van der Waals surface area contributed by atoms with Crippen molar-refractivity contribution in [2.45, 2.75) is 0 Å². The zero-order valence-corrected chi connectivity index (χ0v) is 10.0. The molecule has 6 heteroatoms. The number of benzene rings is 1. The van der Waals surface area contributed by atoms with E-state index in [1.807, 2.05) is 0 Å². The first kappa shape index (κ1) is 11.5. The molecule has 0 radical (unpaired) electrons. The molecule has 86 valence electrons. The van der Waals surface area contributed by atoms with Crippen LogP contribution in [0.25, 0.3) is 4.48 Å². The maximum absolute atomic E-state index is 10.9. The summed E-state index contributed by atoms with van der Waals surface area (Å²) in [5, 5.41) is 10.5. The Morgan fingerprint density at radius 3 is 2.35 bits per heavy atom. The number of cyclic esters (lactones) is 1. The van der Waals surface area contributed by atoms with Crippen molar-refractivity contribution in [3.63, 3.8) is 0 Å². The summed E-state index contributed by atoms with van der Waals surface area (Å²) in [4.78, 5) is 20.9. The van der Waals surface area contributed by atoms with Crippen LogP contribution in [-0.4, -0.2) is 10.9 Å². The number of ether oxygens (including phenoxy) is 1. The van der Waals surface area contributed by atoms with Crippen molar-refractivity contribution >= 4 is 32.1 Å². The Balaban J connectivity index is 2.32. The van der Waals surface area contributed by atoms with Gasteiger partial charge in [-0.3, -0.25) is 10.1 Å². The van der Waals surface area contributed by atoms with E-state index in [-0.39, 0.29) is 5.69 Å². The molecule has 1 aliphatic rings. The highest BCUT2D eigenvalue weighted by molar-refractivity contribution is 9.15. The summed E-state index contributed by atoms with van der Waals surface area (Å²) in [5.74, 6) is -0.0392. The van der Waals surface area contributed by atoms with E-state index in [2.05, 4.69) is 15.9 Å². The lowest BCUT2D eigenvalue weighted by Gasteiger charge is -2.02. The number of nitro benzene ring substituents is 1. The van der Waals surface area contributed by atoms with Crippen LogP contribution >= 0.6 is 15.9 Å². The molecule has 0 amide bonds. The zero-order valence-electron chi connectivity index (χ0n) is 8.42. The van der Waals surface area contributed by atoms with Gasteiger partial charge in [-0.25, -0.2) is 4.79 Å². The van der Waals surface area contributed by atoms with E-state index >= 15 is 0 Å². The van der Waals surface area contributed by atoms with Crippen LogP contribution in [0.5, 0.6) is 0 Å². The molecule has 1 aromatic rings. The minimum absolute atomic E-state index is 0.0120. The lowest BCUT2D eigenvalue weighted by molar-refractivity contribution is -0.384. The molecule has 0 aromatic heterocycles. The number of allylic oxidation sites excluding steroid dienone is 1. The summed E-state index contributed by atoms with van der Waals surface area (Å²) >= 11 is 3.28. The molecule has 0 fully saturated rings. The molecule has 0 saturated carbocycles. The van der Waals surface area contributed by atoms with E-state index in [1.165, 1.54) is 24.3 Å². The maximum atomic E-state index is 10.9. The number of nitro groups is 1. The van der Waals surface area contributed by atoms with Crippen molar-refractivity contribution in [2.75, 3.05) is 0 Å². The number of hydrogen-bond acceptors (Lipinski definition) is 4. The van der Waals surface area contributed by atoms with E-state index < -0.39 is 10.9 Å². The smallest absolute Gasteiger partial charge is 0.336 e. The van der Waals surface area contributed by atoms with Gasteiger partial charge in [0.15, 0.2) is 0 Å². The average Bonchev–Trinajstić information content (AvgIpc) is 2.75. The van der Waals surface area contributed by atoms with Gasteiger partial charge in [-0.05, 0) is 39.7 Å². The highest BCUT2D eigenvalue weighted by atomic mass is 79.9. The molecule has 17 heavy (non-hydrogen) atoms. The van der Waals surface area contributed by atoms with Gasteiger partial charge in [-0.1, -0.05) is 0 Å². The Morgan fingerprint density at radius 1 is 1.24 bits per heavy atom. The number of carbonyl (C=O) groups excluding carboxylic acids is 1. The van der Waals surface area contributed by atoms with Crippen LogP contribution in [0.2, 0.25) is 0 Å². The third kappa shape index (κ3) is 2.42. The maximum Gasteiger partial charge on any atom is 0.336 e. The zero-order chi connectivity index (χ0) is 12.4. The molecular weight excluding hydrogens is 290 g/mol. The monoisotopic (exact) mass is 295 g/mol. The number of nitrogens with zero attached hydrogens (tertiary/aromatic N) is 1. The molecule has 0 atom stereocenters. The Hall–Kier alpha value is -1.95. The van der Waals surface area contributed by atoms with E-state index in [0.717, 1.165) is 0 Å². The second-order valence-electron chi connectivity index (χ2n) is 3.24. The van der Waals surface area contributed by atoms with Crippen LogP contribution in [0.1, 0.15) is 5.56 Å². The van der Waals surface area contributed by atoms with Gasteiger partial charge in [0.05, 0.1) is 9.41 Å². The lowest BCUT2D eigenvalue weighted by Crippen LogP contribution is -1.92. The van der Waals surface area contributed by atoms with Crippen LogP contribution in [0, 0.1) is 10.1 Å². The Kier molecular flexibility index (Phi) is 3.06. The number of non-ortho nitro benzene ring substituents is 1. The summed E-state index contributed by atoms with van der Waals surface area (Å²) < 4.78 is 5.48. The summed E-state index contributed by atoms with van der Waals surface area (Å²) in [6, 6.07) is 5.93. The third-order valence-corrected chi connectivity index (χ3v) is 2.98. The number of esters is 1. The normalized spacial score (nSPS) is 16.9. The Labute approximate surface area is 105 Å². The molecule has 0 saturated heterocycles. The minimum Gasteiger partial charge on any atom is -0.422 e. The van der Waals surface area contributed by atoms with Gasteiger partial charge >= 0.3 is 5.97 Å². The van der Waals surface area contributed by atoms with Crippen molar-refractivity contribution in [1.29, 1.82) is 0 Å². The third-order valence-electron chi connectivity index (χ3n) is 2.13. The van der Waals surface area contributed by atoms with Gasteiger partial charge < -0.3 is 4.74 Å². The number of hydrogen-bond donors (Lipinski definition) is 0. The van der Waals surface area contributed by atoms with Crippen LogP contribution in [0.15, 0.2) is 42.2 Å². The first-order chi connectivity index (χ1) is 8.08. The SMILES string of the molecule is O=C1C=C/C(=C(/Br)c2ccc([N+](=O)[O-])cc2)O1. The standard InChI is InChI=1S/C11H6BrNO4/c12-11(9-5-6-10(14)17-9)7-1-3-8(4-2-7)13(15)16/h1-6H/b11-9-. The van der Waals surface area contributed by atoms with Crippen molar-refractivity contribution in [3.8, 4) is 0 Å². The molecule has 5 nitrogen and oxygen atoms in total. The van der Waals surface area contributed by atoms with E-state index in [0.29, 0.717) is 15.8 Å². The van der Waals surface area contributed by atoms with Crippen LogP contribution in [0.4, 0.5) is 5.69 Å². The first-order valence-electron chi connectivity index (χ1n) is 4.62. The van der Waals surface area contributed by atoms with Crippen molar-refractivity contribution in [1.82, 2.24) is 0 Å². The van der Waals surface area contributed by atoms with E-state index in [4.69, 9.17) is 4.74 Å². The molecule has 0 spiro atoms. The number of carbonyl (C=O) groups is 1. The molecule has 1 aromatic carbocycles. The predicted molar refractivity (Wildman–Crippen MR) is 64.2 cm³/mol. The predicted octanol–water partition coefficient (Wildman–Crippen LogP) is 2.77. The Bertz CT molecular complexity index is 545. The molecule has 0 unspecified atom stereocenters. The average molecular weight is 296 g/mol. The van der Waals surface area contributed by atoms with Gasteiger partial charge in [0.1, 0.15) is 5.76 Å². The largest absolute Gasteiger partial charge is 0.422 e. The topological polar surface area (TPSA) is 69.4 Å². The minimum atomic E-state index is -0.472. The fourth-order valence-electron chi connectivity index (χ4n) is 1.31. The molecule has 0 bridgehead atoms. The second kappa shape index (κ2) is 4.50. The summed E-state index contributed by atoms with van der Waals surface area (Å²) in [5.41, 5.74) is 0.711. The second-order valence-corrected chi connectivity index (χ2v) is 4.03. The molecule has 0 N–H and O–H groups in total. The van der Waals surface area contributed by atoms with Crippen LogP contribution in [-0.2, 0) is 9.53 Å². The summed E-state index contributed by atoms with van der Waals surface area (Å²) in [6.07, 6.45) is 2.84. The fraction of sp³-hybridized carbons (Fsp3) is 0. The summed E-state index contributed by atoms with van der Waals surface area (Å²) in [6.45, 7) is 0. The highest BCUT2D eigenvalue weighted by Gasteiger charge is 2.15. The first-order valence-corrected chi connectivity index (χ1v) is 5.42. The van der Waals surface area contributed by atoms with Gasteiger partial charge in [-0.15, -0.1) is 0 Å². The van der Waals surface area contributed by atoms with Crippen molar-refractivity contribution in [3.05, 3.63) is 57.9 Å². The van der Waals surface area contributed by atoms with Gasteiger partial charge in [0, 0.05) is 18.2 Å². The van der Waals surface area contributed by atoms with Crippen molar-refractivity contribution in [2.24, 2.45) is 0 Å². The molecule has 2 rings (SSSR count). The highest BCUT2D eigenvalue weighted by Crippen LogP contribution is 2.29. The quantitative estimate of drug-likeness (QED) is 0.478. The summed E-state index contributed by atoms with van der Waals surface area (Å²) in [7, 11) is 0. The number of halogens is 1. The van der Waals surface area contributed by atoms with Crippen molar-refractivity contribution < 1.29 is 14.5 Å². The molecule has 1 aliphatic heterocycles. The Morgan fingerprint density at radius 2 is 1.88 bits per heavy atom. The van der Waals surface area contributed by atoms with Gasteiger partial charge in [-0.2, -0.15) is 0 Å². The molecule has 0 aliphatic carbocycles. The number of rotatable bonds is 2. The van der Waals surface area contributed by atoms with Gasteiger partial charge in [0.25, 0.3) is 5.69 Å². The molecule has 1 heterocycles. The van der Waals surface area contributed by atoms with Crippen LogP contribution < -0.4 is 0 Å². The lowest BCUT2D eigenvalue weighted by atomic mass is 10.2. The van der Waals surface area contributed by atoms with Gasteiger partial charge in [0.2, 0.25) is 0 Å². The van der Waals surface area contributed by atoms with Crippen LogP contribution in [0.3, 0.4) is 0 Å².